The minimum absolute atomic E-state index is 0.435. The molecule has 42 heavy (non-hydrogen) atoms. The van der Waals surface area contributed by atoms with Crippen molar-refractivity contribution < 1.29 is 4.42 Å². The van der Waals surface area contributed by atoms with Crippen LogP contribution in [0.25, 0.3) is 72.5 Å². The molecule has 0 saturated heterocycles. The molecule has 8 aromatic rings. The average Bonchev–Trinajstić information content (AvgIpc) is 3.61. The summed E-state index contributed by atoms with van der Waals surface area (Å²) in [4.78, 5) is 14.9. The lowest BCUT2D eigenvalue weighted by Gasteiger charge is -2.11. The first-order valence-electron chi connectivity index (χ1n) is 13.3. The van der Waals surface area contributed by atoms with Crippen molar-refractivity contribution in [1.29, 1.82) is 10.5 Å². The molecule has 7 heteroatoms. The first kappa shape index (κ1) is 23.6. The van der Waals surface area contributed by atoms with Crippen molar-refractivity contribution in [3.8, 4) is 40.9 Å². The van der Waals surface area contributed by atoms with E-state index in [1.807, 2.05) is 66.7 Å². The molecule has 3 aromatic heterocycles. The predicted molar refractivity (Wildman–Crippen MR) is 162 cm³/mol. The average molecular weight is 539 g/mol. The first-order valence-corrected chi connectivity index (χ1v) is 13.3. The number of hydrogen-bond acceptors (Lipinski definition) is 6. The van der Waals surface area contributed by atoms with Crippen molar-refractivity contribution in [3.63, 3.8) is 0 Å². The maximum Gasteiger partial charge on any atom is 0.238 e. The van der Waals surface area contributed by atoms with E-state index in [1.54, 1.807) is 18.2 Å². The summed E-state index contributed by atoms with van der Waals surface area (Å²) in [6.07, 6.45) is 0. The van der Waals surface area contributed by atoms with Crippen LogP contribution in [0.3, 0.4) is 0 Å². The van der Waals surface area contributed by atoms with Crippen LogP contribution in [-0.4, -0.2) is 19.5 Å². The van der Waals surface area contributed by atoms with Crippen molar-refractivity contribution in [2.75, 3.05) is 0 Å². The number of nitrogens with zero attached hydrogens (tertiary/aromatic N) is 6. The summed E-state index contributed by atoms with van der Waals surface area (Å²) >= 11 is 0. The third-order valence-corrected chi connectivity index (χ3v) is 7.56. The van der Waals surface area contributed by atoms with Gasteiger partial charge in [-0.3, -0.25) is 4.57 Å². The van der Waals surface area contributed by atoms with E-state index in [9.17, 15) is 10.5 Å². The number of aromatic nitrogens is 4. The zero-order valence-corrected chi connectivity index (χ0v) is 22.0. The van der Waals surface area contributed by atoms with E-state index in [0.717, 1.165) is 38.1 Å². The maximum absolute atomic E-state index is 9.77. The van der Waals surface area contributed by atoms with Crippen LogP contribution in [0.2, 0.25) is 0 Å². The third kappa shape index (κ3) is 3.48. The van der Waals surface area contributed by atoms with Gasteiger partial charge in [0, 0.05) is 27.1 Å². The topological polar surface area (TPSA) is 104 Å². The third-order valence-electron chi connectivity index (χ3n) is 7.56. The van der Waals surface area contributed by atoms with E-state index in [-0.39, 0.29) is 0 Å². The van der Waals surface area contributed by atoms with E-state index >= 15 is 0 Å². The van der Waals surface area contributed by atoms with Gasteiger partial charge in [0.1, 0.15) is 11.2 Å². The number of rotatable bonds is 3. The van der Waals surface area contributed by atoms with Gasteiger partial charge in [0.15, 0.2) is 11.6 Å². The Balaban J connectivity index is 1.46. The molecule has 8 rings (SSSR count). The molecule has 0 fully saturated rings. The first-order chi connectivity index (χ1) is 20.7. The van der Waals surface area contributed by atoms with E-state index in [0.29, 0.717) is 45.5 Å². The van der Waals surface area contributed by atoms with Gasteiger partial charge in [0.25, 0.3) is 0 Å². The van der Waals surface area contributed by atoms with Crippen LogP contribution in [0.4, 0.5) is 0 Å². The molecule has 0 aliphatic rings. The van der Waals surface area contributed by atoms with Crippen LogP contribution in [0.15, 0.2) is 114 Å². The molecular formula is C35H18N6O. The fourth-order valence-corrected chi connectivity index (χ4v) is 5.66. The Morgan fingerprint density at radius 2 is 1.26 bits per heavy atom. The summed E-state index contributed by atoms with van der Waals surface area (Å²) in [7, 11) is 0. The van der Waals surface area contributed by atoms with Gasteiger partial charge in [-0.25, -0.2) is 4.98 Å². The lowest BCUT2D eigenvalue weighted by atomic mass is 10.0. The van der Waals surface area contributed by atoms with Gasteiger partial charge in [-0.2, -0.15) is 20.5 Å². The Morgan fingerprint density at radius 3 is 1.98 bits per heavy atom. The summed E-state index contributed by atoms with van der Waals surface area (Å²) in [6.45, 7) is 0. The number of furan rings is 1. The van der Waals surface area contributed by atoms with Crippen molar-refractivity contribution in [2.45, 2.75) is 0 Å². The van der Waals surface area contributed by atoms with Crippen molar-refractivity contribution in [1.82, 2.24) is 19.5 Å². The van der Waals surface area contributed by atoms with Crippen LogP contribution in [0.5, 0.6) is 0 Å². The molecule has 0 aliphatic carbocycles. The molecule has 0 spiro atoms. The second kappa shape index (κ2) is 9.12. The fraction of sp³-hybridized carbons (Fsp3) is 0. The van der Waals surface area contributed by atoms with Gasteiger partial charge >= 0.3 is 0 Å². The van der Waals surface area contributed by atoms with Gasteiger partial charge in [-0.1, -0.05) is 54.6 Å². The van der Waals surface area contributed by atoms with Gasteiger partial charge in [0.2, 0.25) is 5.95 Å². The van der Waals surface area contributed by atoms with E-state index in [2.05, 4.69) is 41.0 Å². The normalized spacial score (nSPS) is 11.3. The summed E-state index contributed by atoms with van der Waals surface area (Å²) in [6, 6.07) is 39.3. The Hall–Kier alpha value is -6.31. The van der Waals surface area contributed by atoms with Crippen molar-refractivity contribution >= 4 is 43.7 Å². The van der Waals surface area contributed by atoms with E-state index < -0.39 is 0 Å². The Labute approximate surface area is 239 Å². The summed E-state index contributed by atoms with van der Waals surface area (Å²) in [5, 5.41) is 22.9. The smallest absolute Gasteiger partial charge is 0.238 e. The molecule has 0 amide bonds. The monoisotopic (exact) mass is 538 g/mol. The highest BCUT2D eigenvalue weighted by Gasteiger charge is 2.21. The highest BCUT2D eigenvalue weighted by molar-refractivity contribution is 6.11. The minimum atomic E-state index is 0.435. The quantitative estimate of drug-likeness (QED) is 0.226. The molecule has 7 nitrogen and oxygen atoms in total. The molecule has 0 saturated carbocycles. The molecule has 3 heterocycles. The van der Waals surface area contributed by atoms with Crippen molar-refractivity contribution in [3.05, 3.63) is 120 Å². The lowest BCUT2D eigenvalue weighted by Crippen LogP contribution is -2.06. The van der Waals surface area contributed by atoms with E-state index in [1.165, 1.54) is 0 Å². The molecule has 5 aromatic carbocycles. The molecule has 194 valence electrons. The van der Waals surface area contributed by atoms with Crippen LogP contribution in [-0.2, 0) is 0 Å². The number of hydrogen-bond donors (Lipinski definition) is 0. The molecular weight excluding hydrogens is 520 g/mol. The summed E-state index contributed by atoms with van der Waals surface area (Å²) in [5.41, 5.74) is 5.71. The zero-order valence-electron chi connectivity index (χ0n) is 22.0. The minimum Gasteiger partial charge on any atom is -0.455 e. The van der Waals surface area contributed by atoms with Crippen LogP contribution in [0.1, 0.15) is 11.1 Å². The molecule has 0 N–H and O–H groups in total. The standard InChI is InChI=1S/C35H18N6O/c36-19-21-15-17-22(18-16-21)33-38-34(27-11-6-10-26-31-23(20-37)7-5-14-30(31)42-32(26)27)40-35(39-33)41-28-12-3-1-8-24(28)25-9-2-4-13-29(25)41/h1-18H. The second-order valence-corrected chi connectivity index (χ2v) is 9.92. The number of benzene rings is 5. The Kier molecular flexibility index (Phi) is 5.12. The SMILES string of the molecule is N#Cc1ccc(-c2nc(-c3cccc4c3oc3cccc(C#N)c34)nc(-n3c4ccccc4c4ccccc43)n2)cc1. The number of para-hydroxylation sites is 3. The van der Waals surface area contributed by atoms with Crippen LogP contribution >= 0.6 is 0 Å². The largest absolute Gasteiger partial charge is 0.455 e. The van der Waals surface area contributed by atoms with E-state index in [4.69, 9.17) is 19.4 Å². The molecule has 0 atom stereocenters. The van der Waals surface area contributed by atoms with Crippen LogP contribution < -0.4 is 0 Å². The molecule has 0 unspecified atom stereocenters. The number of nitriles is 2. The Morgan fingerprint density at radius 1 is 0.595 bits per heavy atom. The summed E-state index contributed by atoms with van der Waals surface area (Å²) in [5.74, 6) is 1.36. The lowest BCUT2D eigenvalue weighted by molar-refractivity contribution is 0.669. The van der Waals surface area contributed by atoms with Gasteiger partial charge < -0.3 is 4.42 Å². The van der Waals surface area contributed by atoms with Crippen molar-refractivity contribution in [2.24, 2.45) is 0 Å². The fourth-order valence-electron chi connectivity index (χ4n) is 5.66. The Bertz CT molecular complexity index is 2380. The predicted octanol–water partition coefficient (Wildman–Crippen LogP) is 7.95. The molecule has 0 radical (unpaired) electrons. The van der Waals surface area contributed by atoms with Gasteiger partial charge in [0.05, 0.1) is 39.9 Å². The highest BCUT2D eigenvalue weighted by Crippen LogP contribution is 2.37. The number of fused-ring (bicyclic) bond motifs is 6. The van der Waals surface area contributed by atoms with Gasteiger partial charge in [-0.05, 0) is 54.6 Å². The van der Waals surface area contributed by atoms with Crippen LogP contribution in [0, 0.1) is 22.7 Å². The summed E-state index contributed by atoms with van der Waals surface area (Å²) < 4.78 is 8.38. The highest BCUT2D eigenvalue weighted by atomic mass is 16.3. The second-order valence-electron chi connectivity index (χ2n) is 9.92. The molecule has 0 aliphatic heterocycles. The van der Waals surface area contributed by atoms with Gasteiger partial charge in [-0.15, -0.1) is 0 Å². The maximum atomic E-state index is 9.77. The zero-order chi connectivity index (χ0) is 28.2. The molecule has 0 bridgehead atoms.